The van der Waals surface area contributed by atoms with Gasteiger partial charge in [0.2, 0.25) is 5.88 Å². The fourth-order valence-electron chi connectivity index (χ4n) is 4.01. The maximum atomic E-state index is 13.2. The molecule has 1 N–H and O–H groups in total. The Morgan fingerprint density at radius 1 is 1.22 bits per heavy atom. The molecule has 5 rings (SSSR count). The second-order valence-electron chi connectivity index (χ2n) is 8.69. The second-order valence-corrected chi connectivity index (χ2v) is 8.69. The van der Waals surface area contributed by atoms with Gasteiger partial charge in [0.05, 0.1) is 12.1 Å². The molecular weight excluding hydrogens is 410 g/mol. The van der Waals surface area contributed by atoms with E-state index in [1.54, 1.807) is 29.0 Å². The topological polar surface area (TPSA) is 100 Å². The molecular formula is C23H27N5O4. The Labute approximate surface area is 185 Å². The number of carbonyl (C=O) groups is 1. The molecule has 2 fully saturated rings. The summed E-state index contributed by atoms with van der Waals surface area (Å²) in [4.78, 5) is 30.5. The van der Waals surface area contributed by atoms with Gasteiger partial charge in [0.1, 0.15) is 11.3 Å². The lowest BCUT2D eigenvalue weighted by molar-refractivity contribution is 0.0664. The monoisotopic (exact) mass is 437 g/mol. The molecule has 3 aromatic heterocycles. The van der Waals surface area contributed by atoms with Gasteiger partial charge in [-0.25, -0.2) is 0 Å². The average Bonchev–Trinajstić information content (AvgIpc) is 3.53. The number of hydrogen-bond donors (Lipinski definition) is 1. The van der Waals surface area contributed by atoms with Crippen LogP contribution in [0.1, 0.15) is 62.0 Å². The highest BCUT2D eigenvalue weighted by Crippen LogP contribution is 2.33. The van der Waals surface area contributed by atoms with E-state index < -0.39 is 5.91 Å². The molecule has 9 nitrogen and oxygen atoms in total. The van der Waals surface area contributed by atoms with Crippen LogP contribution in [0.15, 0.2) is 35.4 Å². The van der Waals surface area contributed by atoms with Crippen LogP contribution in [0.4, 0.5) is 5.69 Å². The van der Waals surface area contributed by atoms with Crippen molar-refractivity contribution in [2.75, 3.05) is 18.5 Å². The summed E-state index contributed by atoms with van der Waals surface area (Å²) in [6, 6.07) is 5.61. The van der Waals surface area contributed by atoms with Crippen LogP contribution >= 0.6 is 0 Å². The smallest absolute Gasteiger partial charge is 0.274 e. The minimum absolute atomic E-state index is 0.173. The van der Waals surface area contributed by atoms with Crippen molar-refractivity contribution in [2.45, 2.75) is 57.7 Å². The molecule has 0 unspecified atom stereocenters. The molecule has 0 radical (unpaired) electrons. The number of amides is 1. The third-order valence-electron chi connectivity index (χ3n) is 5.80. The normalized spacial score (nSPS) is 17.1. The number of aromatic nitrogens is 4. The Morgan fingerprint density at radius 3 is 2.72 bits per heavy atom. The van der Waals surface area contributed by atoms with Gasteiger partial charge in [-0.1, -0.05) is 0 Å². The summed E-state index contributed by atoms with van der Waals surface area (Å²) < 4.78 is 14.9. The molecule has 3 aromatic rings. The molecule has 2 aliphatic rings. The van der Waals surface area contributed by atoms with Crippen LogP contribution < -0.4 is 15.6 Å². The van der Waals surface area contributed by atoms with Crippen molar-refractivity contribution in [3.05, 3.63) is 46.5 Å². The summed E-state index contributed by atoms with van der Waals surface area (Å²) in [5, 5.41) is 8.14. The highest BCUT2D eigenvalue weighted by Gasteiger charge is 2.26. The zero-order valence-electron chi connectivity index (χ0n) is 18.3. The van der Waals surface area contributed by atoms with Crippen LogP contribution in [0, 0.1) is 0 Å². The van der Waals surface area contributed by atoms with Crippen LogP contribution in [0.3, 0.4) is 0 Å². The fourth-order valence-corrected chi connectivity index (χ4v) is 4.01. The first-order chi connectivity index (χ1) is 15.5. The molecule has 1 saturated heterocycles. The molecule has 1 saturated carbocycles. The minimum atomic E-state index is -0.431. The number of anilines is 1. The lowest BCUT2D eigenvalue weighted by Gasteiger charge is -2.21. The largest absolute Gasteiger partial charge is 0.474 e. The van der Waals surface area contributed by atoms with Gasteiger partial charge in [0.15, 0.2) is 5.65 Å². The lowest BCUT2D eigenvalue weighted by atomic mass is 10.1. The highest BCUT2D eigenvalue weighted by atomic mass is 16.5. The predicted octanol–water partition coefficient (Wildman–Crippen LogP) is 3.32. The number of carbonyl (C=O) groups excluding carboxylic acids is 1. The van der Waals surface area contributed by atoms with Gasteiger partial charge >= 0.3 is 0 Å². The van der Waals surface area contributed by atoms with Crippen molar-refractivity contribution in [3.8, 4) is 5.88 Å². The predicted molar refractivity (Wildman–Crippen MR) is 119 cm³/mol. The zero-order chi connectivity index (χ0) is 22.2. The third kappa shape index (κ3) is 4.12. The van der Waals surface area contributed by atoms with E-state index in [2.05, 4.69) is 15.4 Å². The first-order valence-corrected chi connectivity index (χ1v) is 11.2. The van der Waals surface area contributed by atoms with Gasteiger partial charge in [-0.15, -0.1) is 0 Å². The number of hydrogen-bond acceptors (Lipinski definition) is 6. The maximum Gasteiger partial charge on any atom is 0.274 e. The Kier molecular flexibility index (Phi) is 5.42. The van der Waals surface area contributed by atoms with Crippen LogP contribution in [0.25, 0.3) is 11.0 Å². The molecule has 1 aliphatic carbocycles. The highest BCUT2D eigenvalue weighted by molar-refractivity contribution is 6.07. The molecule has 32 heavy (non-hydrogen) atoms. The number of rotatable bonds is 6. The van der Waals surface area contributed by atoms with Gasteiger partial charge in [-0.05, 0) is 57.7 Å². The summed E-state index contributed by atoms with van der Waals surface area (Å²) >= 11 is 0. The zero-order valence-corrected chi connectivity index (χ0v) is 18.3. The quantitative estimate of drug-likeness (QED) is 0.635. The first kappa shape index (κ1) is 20.7. The van der Waals surface area contributed by atoms with Crippen LogP contribution in [0.2, 0.25) is 0 Å². The van der Waals surface area contributed by atoms with Crippen LogP contribution in [-0.2, 0) is 4.74 Å². The maximum absolute atomic E-state index is 13.2. The fraction of sp³-hybridized carbons (Fsp3) is 0.478. The lowest BCUT2D eigenvalue weighted by Crippen LogP contribution is -2.25. The summed E-state index contributed by atoms with van der Waals surface area (Å²) in [5.41, 5.74) is 0.854. The first-order valence-electron chi connectivity index (χ1n) is 11.2. The molecule has 0 bridgehead atoms. The van der Waals surface area contributed by atoms with Gasteiger partial charge < -0.3 is 19.4 Å². The number of ether oxygens (including phenoxy) is 2. The van der Waals surface area contributed by atoms with Gasteiger partial charge in [0, 0.05) is 37.0 Å². The Balaban J connectivity index is 1.49. The Hall–Kier alpha value is -3.20. The minimum Gasteiger partial charge on any atom is -0.474 e. The van der Waals surface area contributed by atoms with E-state index in [-0.39, 0.29) is 40.9 Å². The van der Waals surface area contributed by atoms with Crippen molar-refractivity contribution in [1.29, 1.82) is 0 Å². The van der Waals surface area contributed by atoms with Crippen molar-refractivity contribution in [1.82, 2.24) is 19.3 Å². The second kappa shape index (κ2) is 8.38. The number of nitrogens with one attached hydrogen (secondary N) is 1. The summed E-state index contributed by atoms with van der Waals surface area (Å²) in [6.07, 6.45) is 7.25. The van der Waals surface area contributed by atoms with Crippen LogP contribution in [0.5, 0.6) is 5.88 Å². The van der Waals surface area contributed by atoms with Crippen LogP contribution in [-0.4, -0.2) is 44.6 Å². The molecule has 0 aromatic carbocycles. The Bertz CT molecular complexity index is 1200. The standard InChI is InChI=1S/C23H27N5O4/c1-14(2)32-22-18(21(29)24-19-4-3-9-27(23(19)30)16-5-6-16)12-15-13-28(26-20(15)25-22)17-7-10-31-11-8-17/h3-4,9,12-14,16-17H,5-8,10-11H2,1-2H3,(H,24,29). The van der Waals surface area contributed by atoms with Gasteiger partial charge in [-0.3, -0.25) is 14.3 Å². The SMILES string of the molecule is CC(C)Oc1nc2nn(C3CCOCC3)cc2cc1C(=O)Nc1cccn(C2CC2)c1=O. The van der Waals surface area contributed by atoms with E-state index in [0.29, 0.717) is 18.9 Å². The molecule has 1 amide bonds. The van der Waals surface area contributed by atoms with Crippen molar-refractivity contribution in [2.24, 2.45) is 0 Å². The van der Waals surface area contributed by atoms with E-state index in [1.807, 2.05) is 24.7 Å². The third-order valence-corrected chi connectivity index (χ3v) is 5.80. The van der Waals surface area contributed by atoms with Gasteiger partial charge in [0.25, 0.3) is 11.5 Å². The van der Waals surface area contributed by atoms with E-state index in [4.69, 9.17) is 9.47 Å². The molecule has 9 heteroatoms. The van der Waals surface area contributed by atoms with E-state index >= 15 is 0 Å². The molecule has 0 atom stereocenters. The Morgan fingerprint density at radius 2 is 2.00 bits per heavy atom. The van der Waals surface area contributed by atoms with Crippen molar-refractivity contribution < 1.29 is 14.3 Å². The van der Waals surface area contributed by atoms with E-state index in [9.17, 15) is 9.59 Å². The molecule has 4 heterocycles. The van der Waals surface area contributed by atoms with Crippen molar-refractivity contribution in [3.63, 3.8) is 0 Å². The number of nitrogens with zero attached hydrogens (tertiary/aromatic N) is 4. The summed E-state index contributed by atoms with van der Waals surface area (Å²) in [7, 11) is 0. The number of pyridine rings is 2. The van der Waals surface area contributed by atoms with Crippen molar-refractivity contribution >= 4 is 22.6 Å². The summed E-state index contributed by atoms with van der Waals surface area (Å²) in [6.45, 7) is 5.16. The number of fused-ring (bicyclic) bond motifs is 1. The van der Waals surface area contributed by atoms with Gasteiger partial charge in [-0.2, -0.15) is 10.1 Å². The molecule has 1 aliphatic heterocycles. The molecule has 168 valence electrons. The molecule has 0 spiro atoms. The van der Waals surface area contributed by atoms with E-state index in [1.165, 1.54) is 0 Å². The van der Waals surface area contributed by atoms with E-state index in [0.717, 1.165) is 31.1 Å². The summed E-state index contributed by atoms with van der Waals surface area (Å²) in [5.74, 6) is -0.222. The average molecular weight is 438 g/mol.